The predicted octanol–water partition coefficient (Wildman–Crippen LogP) is 5.92. The van der Waals surface area contributed by atoms with E-state index in [1.54, 1.807) is 18.2 Å². The first-order valence-electron chi connectivity index (χ1n) is 8.38. The molecule has 130 valence electrons. The number of allylic oxidation sites excluding steroid dienone is 1. The molecule has 2 aromatic rings. The van der Waals surface area contributed by atoms with Crippen molar-refractivity contribution in [3.05, 3.63) is 54.4 Å². The van der Waals surface area contributed by atoms with Gasteiger partial charge in [0.25, 0.3) is 0 Å². The third-order valence-corrected chi connectivity index (χ3v) is 4.69. The maximum Gasteiger partial charge on any atom is 0.387 e. The molecule has 1 nitrogen and oxygen atoms in total. The fourth-order valence-corrected chi connectivity index (χ4v) is 3.28. The predicted molar refractivity (Wildman–Crippen MR) is 93.1 cm³/mol. The van der Waals surface area contributed by atoms with E-state index in [1.807, 2.05) is 12.1 Å². The van der Waals surface area contributed by atoms with Gasteiger partial charge in [-0.25, -0.2) is 4.39 Å². The summed E-state index contributed by atoms with van der Waals surface area (Å²) in [5, 5.41) is 0.842. The van der Waals surface area contributed by atoms with Crippen molar-refractivity contribution in [2.75, 3.05) is 0 Å². The second-order valence-electron chi connectivity index (χ2n) is 6.27. The van der Waals surface area contributed by atoms with Crippen molar-refractivity contribution >= 4 is 10.8 Å². The van der Waals surface area contributed by atoms with Gasteiger partial charge in [0, 0.05) is 22.3 Å². The molecule has 25 heavy (non-hydrogen) atoms. The van der Waals surface area contributed by atoms with Crippen LogP contribution in [0.15, 0.2) is 43.0 Å². The van der Waals surface area contributed by atoms with Gasteiger partial charge in [-0.2, -0.15) is 8.78 Å². The molecule has 0 heterocycles. The van der Waals surface area contributed by atoms with Crippen LogP contribution in [0.2, 0.25) is 0 Å². The molecule has 0 saturated heterocycles. The van der Waals surface area contributed by atoms with Gasteiger partial charge in [-0.15, -0.1) is 6.58 Å². The molecule has 0 N–H and O–H groups in total. The second kappa shape index (κ2) is 7.65. The van der Waals surface area contributed by atoms with Crippen LogP contribution in [0.5, 0.6) is 5.75 Å². The lowest BCUT2D eigenvalue weighted by Gasteiger charge is -2.22. The van der Waals surface area contributed by atoms with Crippen LogP contribution >= 0.6 is 0 Å². The second-order valence-corrected chi connectivity index (χ2v) is 6.27. The van der Waals surface area contributed by atoms with Crippen molar-refractivity contribution in [3.8, 4) is 17.6 Å². The van der Waals surface area contributed by atoms with Crippen molar-refractivity contribution in [1.82, 2.24) is 0 Å². The number of benzene rings is 2. The molecule has 0 radical (unpaired) electrons. The first kappa shape index (κ1) is 17.4. The number of hydrogen-bond acceptors (Lipinski definition) is 1. The topological polar surface area (TPSA) is 9.23 Å². The van der Waals surface area contributed by atoms with Crippen LogP contribution in [0.1, 0.15) is 31.2 Å². The minimum absolute atomic E-state index is 0.236. The lowest BCUT2D eigenvalue weighted by Crippen LogP contribution is -2.11. The largest absolute Gasteiger partial charge is 0.432 e. The number of halogens is 3. The molecule has 0 bridgehead atoms. The molecule has 0 amide bonds. The van der Waals surface area contributed by atoms with Crippen molar-refractivity contribution in [3.63, 3.8) is 0 Å². The molecular formula is C21H19F3O. The normalized spacial score (nSPS) is 20.2. The van der Waals surface area contributed by atoms with Crippen LogP contribution in [0.3, 0.4) is 0 Å². The Morgan fingerprint density at radius 3 is 2.52 bits per heavy atom. The highest BCUT2D eigenvalue weighted by Crippen LogP contribution is 2.31. The van der Waals surface area contributed by atoms with Gasteiger partial charge in [0.05, 0.1) is 0 Å². The van der Waals surface area contributed by atoms with E-state index in [1.165, 1.54) is 6.07 Å². The third kappa shape index (κ3) is 3.99. The summed E-state index contributed by atoms with van der Waals surface area (Å²) in [5.74, 6) is 6.11. The van der Waals surface area contributed by atoms with Crippen LogP contribution in [0.4, 0.5) is 13.2 Å². The number of ether oxygens (including phenoxy) is 1. The van der Waals surface area contributed by atoms with Crippen LogP contribution < -0.4 is 4.74 Å². The summed E-state index contributed by atoms with van der Waals surface area (Å²) in [6.45, 7) is 0.787. The Labute approximate surface area is 145 Å². The van der Waals surface area contributed by atoms with Gasteiger partial charge < -0.3 is 4.74 Å². The minimum atomic E-state index is -3.05. The van der Waals surface area contributed by atoms with E-state index in [-0.39, 0.29) is 5.39 Å². The summed E-state index contributed by atoms with van der Waals surface area (Å²) < 4.78 is 43.3. The number of alkyl halides is 2. The van der Waals surface area contributed by atoms with Gasteiger partial charge in [0.1, 0.15) is 0 Å². The molecule has 1 saturated carbocycles. The molecule has 1 fully saturated rings. The monoisotopic (exact) mass is 344 g/mol. The van der Waals surface area contributed by atoms with Crippen molar-refractivity contribution < 1.29 is 17.9 Å². The van der Waals surface area contributed by atoms with Gasteiger partial charge in [0.15, 0.2) is 11.6 Å². The zero-order valence-electron chi connectivity index (χ0n) is 13.8. The molecule has 0 spiro atoms. The van der Waals surface area contributed by atoms with E-state index in [0.29, 0.717) is 22.8 Å². The summed E-state index contributed by atoms with van der Waals surface area (Å²) in [5.41, 5.74) is 0.700. The summed E-state index contributed by atoms with van der Waals surface area (Å²) in [7, 11) is 0. The molecule has 0 atom stereocenters. The van der Waals surface area contributed by atoms with Crippen LogP contribution in [0, 0.1) is 29.5 Å². The molecule has 3 rings (SSSR count). The van der Waals surface area contributed by atoms with E-state index >= 15 is 0 Å². The standard InChI is InChI=1S/C21H19F3O/c1-2-14-6-8-15(9-7-14)10-11-16-4-3-5-18-17(16)12-13-19(20(18)22)25-21(23)24/h2-5,12-15,21H,1,6-9H2. The first-order chi connectivity index (χ1) is 12.1. The Morgan fingerprint density at radius 1 is 1.08 bits per heavy atom. The average Bonchev–Trinajstić information content (AvgIpc) is 2.62. The Balaban J connectivity index is 1.87. The number of fused-ring (bicyclic) bond motifs is 1. The maximum atomic E-state index is 14.4. The fraction of sp³-hybridized carbons (Fsp3) is 0.333. The summed E-state index contributed by atoms with van der Waals surface area (Å²) in [6, 6.07) is 7.84. The van der Waals surface area contributed by atoms with E-state index in [2.05, 4.69) is 23.2 Å². The SMILES string of the molecule is C=CC1CCC(C#Cc2cccc3c(F)c(OC(F)F)ccc23)CC1. The fourth-order valence-electron chi connectivity index (χ4n) is 3.28. The van der Waals surface area contributed by atoms with E-state index in [4.69, 9.17) is 0 Å². The van der Waals surface area contributed by atoms with Crippen LogP contribution in [0.25, 0.3) is 10.8 Å². The molecule has 0 aromatic heterocycles. The first-order valence-corrected chi connectivity index (χ1v) is 8.38. The Hall–Kier alpha value is -2.41. The smallest absolute Gasteiger partial charge is 0.387 e. The van der Waals surface area contributed by atoms with Crippen molar-refractivity contribution in [2.24, 2.45) is 11.8 Å². The lowest BCUT2D eigenvalue weighted by atomic mass is 9.82. The molecule has 0 unspecified atom stereocenters. The average molecular weight is 344 g/mol. The molecule has 2 aromatic carbocycles. The van der Waals surface area contributed by atoms with Crippen molar-refractivity contribution in [2.45, 2.75) is 32.3 Å². The van der Waals surface area contributed by atoms with Crippen LogP contribution in [-0.4, -0.2) is 6.61 Å². The Bertz CT molecular complexity index is 824. The van der Waals surface area contributed by atoms with Gasteiger partial charge in [-0.1, -0.05) is 30.0 Å². The quantitative estimate of drug-likeness (QED) is 0.496. The summed E-state index contributed by atoms with van der Waals surface area (Å²) in [4.78, 5) is 0. The Morgan fingerprint density at radius 2 is 1.84 bits per heavy atom. The van der Waals surface area contributed by atoms with Gasteiger partial charge in [-0.3, -0.25) is 0 Å². The highest BCUT2D eigenvalue weighted by atomic mass is 19.3. The molecule has 4 heteroatoms. The van der Waals surface area contributed by atoms with Crippen LogP contribution in [-0.2, 0) is 0 Å². The molecule has 1 aliphatic carbocycles. The number of rotatable bonds is 3. The van der Waals surface area contributed by atoms with E-state index < -0.39 is 18.2 Å². The van der Waals surface area contributed by atoms with E-state index in [0.717, 1.165) is 25.7 Å². The maximum absolute atomic E-state index is 14.4. The highest BCUT2D eigenvalue weighted by molar-refractivity contribution is 5.89. The van der Waals surface area contributed by atoms with Crippen molar-refractivity contribution in [1.29, 1.82) is 0 Å². The molecular weight excluding hydrogens is 325 g/mol. The zero-order valence-corrected chi connectivity index (χ0v) is 13.8. The molecule has 1 aliphatic rings. The molecule has 0 aliphatic heterocycles. The highest BCUT2D eigenvalue weighted by Gasteiger charge is 2.17. The van der Waals surface area contributed by atoms with Gasteiger partial charge in [-0.05, 0) is 49.8 Å². The van der Waals surface area contributed by atoms with E-state index in [9.17, 15) is 13.2 Å². The summed E-state index contributed by atoms with van der Waals surface area (Å²) in [6.07, 6.45) is 6.28. The van der Waals surface area contributed by atoms with Gasteiger partial charge in [0.2, 0.25) is 0 Å². The lowest BCUT2D eigenvalue weighted by molar-refractivity contribution is -0.0520. The zero-order chi connectivity index (χ0) is 17.8. The number of hydrogen-bond donors (Lipinski definition) is 0. The Kier molecular flexibility index (Phi) is 5.33. The minimum Gasteiger partial charge on any atom is -0.432 e. The summed E-state index contributed by atoms with van der Waals surface area (Å²) >= 11 is 0. The van der Waals surface area contributed by atoms with Gasteiger partial charge >= 0.3 is 6.61 Å². The third-order valence-electron chi connectivity index (χ3n) is 4.69.